The van der Waals surface area contributed by atoms with Gasteiger partial charge in [-0.25, -0.2) is 8.78 Å². The highest BCUT2D eigenvalue weighted by Crippen LogP contribution is 2.15. The molecule has 1 N–H and O–H groups in total. The van der Waals surface area contributed by atoms with Crippen molar-refractivity contribution in [1.82, 2.24) is 0 Å². The maximum atomic E-state index is 13.3. The minimum absolute atomic E-state index is 0.132. The SMILES string of the molecule is CN(C)c1ccc(/C=N\Nc2ccc(F)cc2F)cc1. The molecule has 0 unspecified atom stereocenters. The Morgan fingerprint density at radius 2 is 1.75 bits per heavy atom. The Labute approximate surface area is 116 Å². The molecular formula is C15H15F2N3. The van der Waals surface area contributed by atoms with Gasteiger partial charge in [-0.1, -0.05) is 12.1 Å². The van der Waals surface area contributed by atoms with E-state index in [4.69, 9.17) is 0 Å². The second-order valence-corrected chi connectivity index (χ2v) is 4.48. The third kappa shape index (κ3) is 3.54. The van der Waals surface area contributed by atoms with Crippen LogP contribution in [0.2, 0.25) is 0 Å². The molecule has 5 heteroatoms. The highest BCUT2D eigenvalue weighted by molar-refractivity contribution is 5.80. The molecule has 20 heavy (non-hydrogen) atoms. The van der Waals surface area contributed by atoms with Gasteiger partial charge in [-0.3, -0.25) is 5.43 Å². The van der Waals surface area contributed by atoms with E-state index >= 15 is 0 Å². The lowest BCUT2D eigenvalue weighted by Gasteiger charge is -2.11. The second-order valence-electron chi connectivity index (χ2n) is 4.48. The van der Waals surface area contributed by atoms with Gasteiger partial charge in [-0.05, 0) is 29.8 Å². The number of halogens is 2. The smallest absolute Gasteiger partial charge is 0.151 e. The average molecular weight is 275 g/mol. The first kappa shape index (κ1) is 14.0. The van der Waals surface area contributed by atoms with Crippen LogP contribution < -0.4 is 10.3 Å². The van der Waals surface area contributed by atoms with Crippen molar-refractivity contribution >= 4 is 17.6 Å². The first-order valence-corrected chi connectivity index (χ1v) is 6.08. The molecule has 0 saturated heterocycles. The van der Waals surface area contributed by atoms with Crippen LogP contribution in [0.25, 0.3) is 0 Å². The van der Waals surface area contributed by atoms with Crippen molar-refractivity contribution in [2.45, 2.75) is 0 Å². The summed E-state index contributed by atoms with van der Waals surface area (Å²) in [6, 6.07) is 11.0. The number of hydrogen-bond acceptors (Lipinski definition) is 3. The van der Waals surface area contributed by atoms with E-state index in [0.29, 0.717) is 0 Å². The van der Waals surface area contributed by atoms with E-state index in [0.717, 1.165) is 17.3 Å². The van der Waals surface area contributed by atoms with Crippen LogP contribution >= 0.6 is 0 Å². The molecule has 0 amide bonds. The predicted octanol–water partition coefficient (Wildman–Crippen LogP) is 3.48. The van der Waals surface area contributed by atoms with Crippen molar-refractivity contribution in [1.29, 1.82) is 0 Å². The molecule has 104 valence electrons. The lowest BCUT2D eigenvalue weighted by atomic mass is 10.2. The van der Waals surface area contributed by atoms with Gasteiger partial charge in [-0.2, -0.15) is 5.10 Å². The van der Waals surface area contributed by atoms with E-state index in [1.807, 2.05) is 43.3 Å². The Morgan fingerprint density at radius 1 is 1.05 bits per heavy atom. The van der Waals surface area contributed by atoms with Crippen LogP contribution in [-0.4, -0.2) is 20.3 Å². The van der Waals surface area contributed by atoms with Gasteiger partial charge in [0.1, 0.15) is 5.82 Å². The zero-order valence-corrected chi connectivity index (χ0v) is 11.3. The van der Waals surface area contributed by atoms with Crippen LogP contribution in [0.5, 0.6) is 0 Å². The number of benzene rings is 2. The Hall–Kier alpha value is -2.43. The monoisotopic (exact) mass is 275 g/mol. The van der Waals surface area contributed by atoms with Crippen molar-refractivity contribution in [2.24, 2.45) is 5.10 Å². The van der Waals surface area contributed by atoms with Crippen LogP contribution in [0.1, 0.15) is 5.56 Å². The molecule has 0 fully saturated rings. The van der Waals surface area contributed by atoms with Gasteiger partial charge in [0, 0.05) is 25.8 Å². The summed E-state index contributed by atoms with van der Waals surface area (Å²) in [5.41, 5.74) is 4.64. The van der Waals surface area contributed by atoms with Crippen LogP contribution in [0.3, 0.4) is 0 Å². The molecule has 0 aliphatic heterocycles. The molecule has 0 aliphatic rings. The molecular weight excluding hydrogens is 260 g/mol. The number of hydrazone groups is 1. The van der Waals surface area contributed by atoms with E-state index in [1.54, 1.807) is 6.21 Å². The molecule has 0 saturated carbocycles. The van der Waals surface area contributed by atoms with Crippen LogP contribution in [0, 0.1) is 11.6 Å². The Bertz CT molecular complexity index is 607. The Morgan fingerprint density at radius 3 is 2.35 bits per heavy atom. The molecule has 2 rings (SSSR count). The Kier molecular flexibility index (Phi) is 4.30. The van der Waals surface area contributed by atoms with Crippen molar-refractivity contribution in [3.05, 3.63) is 59.7 Å². The van der Waals surface area contributed by atoms with E-state index in [-0.39, 0.29) is 5.69 Å². The summed E-state index contributed by atoms with van der Waals surface area (Å²) in [4.78, 5) is 1.99. The third-order valence-electron chi connectivity index (χ3n) is 2.74. The van der Waals surface area contributed by atoms with E-state index in [2.05, 4.69) is 10.5 Å². The number of anilines is 2. The zero-order valence-electron chi connectivity index (χ0n) is 11.3. The highest BCUT2D eigenvalue weighted by atomic mass is 19.1. The molecule has 0 aromatic heterocycles. The van der Waals surface area contributed by atoms with Gasteiger partial charge in [-0.15, -0.1) is 0 Å². The fourth-order valence-electron chi connectivity index (χ4n) is 1.62. The molecule has 2 aromatic rings. The van der Waals surface area contributed by atoms with Gasteiger partial charge in [0.05, 0.1) is 11.9 Å². The molecule has 0 heterocycles. The third-order valence-corrected chi connectivity index (χ3v) is 2.74. The van der Waals surface area contributed by atoms with Gasteiger partial charge in [0.25, 0.3) is 0 Å². The first-order valence-electron chi connectivity index (χ1n) is 6.08. The minimum Gasteiger partial charge on any atom is -0.378 e. The van der Waals surface area contributed by atoms with E-state index < -0.39 is 11.6 Å². The van der Waals surface area contributed by atoms with Gasteiger partial charge in [0.2, 0.25) is 0 Å². The fourth-order valence-corrected chi connectivity index (χ4v) is 1.62. The summed E-state index contributed by atoms with van der Waals surface area (Å²) < 4.78 is 26.1. The number of rotatable bonds is 4. The van der Waals surface area contributed by atoms with E-state index in [9.17, 15) is 8.78 Å². The van der Waals surface area contributed by atoms with Gasteiger partial charge < -0.3 is 4.90 Å². The molecule has 3 nitrogen and oxygen atoms in total. The van der Waals surface area contributed by atoms with E-state index in [1.165, 1.54) is 12.1 Å². The lowest BCUT2D eigenvalue weighted by Crippen LogP contribution is -2.08. The number of nitrogens with one attached hydrogen (secondary N) is 1. The first-order chi connectivity index (χ1) is 9.56. The maximum absolute atomic E-state index is 13.3. The number of nitrogens with zero attached hydrogens (tertiary/aromatic N) is 2. The summed E-state index contributed by atoms with van der Waals surface area (Å²) in [6.45, 7) is 0. The Balaban J connectivity index is 2.02. The molecule has 2 aromatic carbocycles. The summed E-state index contributed by atoms with van der Waals surface area (Å²) in [7, 11) is 3.92. The van der Waals surface area contributed by atoms with Crippen molar-refractivity contribution in [3.8, 4) is 0 Å². The molecule has 0 radical (unpaired) electrons. The fraction of sp³-hybridized carbons (Fsp3) is 0.133. The molecule has 0 atom stereocenters. The minimum atomic E-state index is -0.676. The van der Waals surface area contributed by atoms with Crippen molar-refractivity contribution < 1.29 is 8.78 Å². The zero-order chi connectivity index (χ0) is 14.5. The number of hydrogen-bond donors (Lipinski definition) is 1. The largest absolute Gasteiger partial charge is 0.378 e. The predicted molar refractivity (Wildman–Crippen MR) is 78.3 cm³/mol. The quantitative estimate of drug-likeness (QED) is 0.683. The van der Waals surface area contributed by atoms with Crippen molar-refractivity contribution in [3.63, 3.8) is 0 Å². The summed E-state index contributed by atoms with van der Waals surface area (Å²) in [6.07, 6.45) is 1.57. The van der Waals surface area contributed by atoms with Gasteiger partial charge in [0.15, 0.2) is 5.82 Å². The maximum Gasteiger partial charge on any atom is 0.151 e. The lowest BCUT2D eigenvalue weighted by molar-refractivity contribution is 0.585. The van der Waals surface area contributed by atoms with Crippen LogP contribution in [-0.2, 0) is 0 Å². The summed E-state index contributed by atoms with van der Waals surface area (Å²) in [5, 5.41) is 3.93. The summed E-state index contributed by atoms with van der Waals surface area (Å²) >= 11 is 0. The topological polar surface area (TPSA) is 27.6 Å². The molecule has 0 spiro atoms. The summed E-state index contributed by atoms with van der Waals surface area (Å²) in [5.74, 6) is -1.29. The van der Waals surface area contributed by atoms with Crippen LogP contribution in [0.4, 0.5) is 20.2 Å². The standard InChI is InChI=1S/C15H15F2N3/c1-20(2)13-6-3-11(4-7-13)10-18-19-15-8-5-12(16)9-14(15)17/h3-10,19H,1-2H3/b18-10-. The molecule has 0 aliphatic carbocycles. The van der Waals surface area contributed by atoms with Gasteiger partial charge >= 0.3 is 0 Å². The van der Waals surface area contributed by atoms with Crippen LogP contribution in [0.15, 0.2) is 47.6 Å². The second kappa shape index (κ2) is 6.14. The van der Waals surface area contributed by atoms with Crippen molar-refractivity contribution in [2.75, 3.05) is 24.4 Å². The highest BCUT2D eigenvalue weighted by Gasteiger charge is 2.01. The molecule has 0 bridgehead atoms. The normalized spacial score (nSPS) is 10.8. The average Bonchev–Trinajstić information content (AvgIpc) is 2.42.